The van der Waals surface area contributed by atoms with Gasteiger partial charge in [-0.25, -0.2) is 8.72 Å². The summed E-state index contributed by atoms with van der Waals surface area (Å²) in [7, 11) is 0. The minimum atomic E-state index is -0.805. The summed E-state index contributed by atoms with van der Waals surface area (Å²) < 4.78 is 3.32. The lowest BCUT2D eigenvalue weighted by Gasteiger charge is -2.21. The number of carbonyl (C=O) groups is 2. The number of hydrogen-bond acceptors (Lipinski definition) is 2. The normalized spacial score (nSPS) is 14.8. The molecule has 7 heteroatoms. The van der Waals surface area contributed by atoms with Crippen molar-refractivity contribution in [2.45, 2.75) is 132 Å². The number of amides is 3. The Hall–Kier alpha value is -3.26. The van der Waals surface area contributed by atoms with E-state index in [1.54, 1.807) is 13.8 Å². The Balaban J connectivity index is 0.000000199. The summed E-state index contributed by atoms with van der Waals surface area (Å²) in [5.41, 5.74) is 5.46. The van der Waals surface area contributed by atoms with Crippen LogP contribution in [0.15, 0.2) is 95.5 Å². The van der Waals surface area contributed by atoms with Crippen LogP contribution in [0, 0.1) is 0 Å². The second kappa shape index (κ2) is 16.4. The molecule has 0 aromatic heterocycles. The van der Waals surface area contributed by atoms with E-state index < -0.39 is 11.6 Å². The van der Waals surface area contributed by atoms with Crippen molar-refractivity contribution in [2.24, 2.45) is 0 Å². The van der Waals surface area contributed by atoms with Crippen LogP contribution >= 0.6 is 48.2 Å². The first-order valence-corrected chi connectivity index (χ1v) is 21.5. The fourth-order valence-corrected chi connectivity index (χ4v) is 8.48. The molecule has 7 rings (SSSR count). The molecule has 1 fully saturated rings. The lowest BCUT2D eigenvalue weighted by atomic mass is 9.84. The van der Waals surface area contributed by atoms with Crippen molar-refractivity contribution in [3.63, 3.8) is 0 Å². The van der Waals surface area contributed by atoms with Crippen LogP contribution < -0.4 is 0 Å². The third kappa shape index (κ3) is 9.96. The van der Waals surface area contributed by atoms with E-state index in [1.165, 1.54) is 73.7 Å². The predicted molar refractivity (Wildman–Crippen MR) is 258 cm³/mol. The van der Waals surface area contributed by atoms with Gasteiger partial charge in [-0.05, 0) is 141 Å². The minimum absolute atomic E-state index is 0. The average Bonchev–Trinajstić information content (AvgIpc) is 3.23. The van der Waals surface area contributed by atoms with E-state index in [0.29, 0.717) is 0 Å². The Labute approximate surface area is 367 Å². The van der Waals surface area contributed by atoms with Crippen LogP contribution in [0.25, 0.3) is 43.1 Å². The second-order valence-electron chi connectivity index (χ2n) is 19.7. The van der Waals surface area contributed by atoms with Crippen molar-refractivity contribution in [2.75, 3.05) is 0 Å². The molecule has 57 heavy (non-hydrogen) atoms. The molecule has 0 spiro atoms. The van der Waals surface area contributed by atoms with Gasteiger partial charge < -0.3 is 0 Å². The zero-order chi connectivity index (χ0) is 41.9. The van der Waals surface area contributed by atoms with Gasteiger partial charge in [0.25, 0.3) is 5.91 Å². The molecule has 0 bridgehead atoms. The molecule has 1 heterocycles. The zero-order valence-corrected chi connectivity index (χ0v) is 40.3. The molecule has 0 saturated carbocycles. The van der Waals surface area contributed by atoms with Crippen molar-refractivity contribution < 1.29 is 9.59 Å². The fourth-order valence-electron chi connectivity index (χ4n) is 6.66. The molecule has 1 aliphatic heterocycles. The SMILES string of the molecule is C.CC(C)(C)c1ccc2c(Br)c3cc(C(C)(C)C)ccc3cc2c1.CC(C)(C)c1ccc2cc3cc(C(C)(C)C)ccc3cc2c1.CC1(C)C(=O)N(Br)C(=O)N1Br. The molecule has 0 atom stereocenters. The van der Waals surface area contributed by atoms with Crippen molar-refractivity contribution in [1.82, 2.24) is 7.85 Å². The van der Waals surface area contributed by atoms with Crippen molar-refractivity contribution >= 4 is 103 Å². The van der Waals surface area contributed by atoms with E-state index in [9.17, 15) is 9.59 Å². The first kappa shape index (κ1) is 46.4. The second-order valence-corrected chi connectivity index (χ2v) is 22.0. The molecule has 0 radical (unpaired) electrons. The van der Waals surface area contributed by atoms with Crippen molar-refractivity contribution in [3.8, 4) is 0 Å². The molecular weight excluding hydrogens is 900 g/mol. The molecule has 4 nitrogen and oxygen atoms in total. The first-order chi connectivity index (χ1) is 25.6. The molecule has 0 aliphatic carbocycles. The van der Waals surface area contributed by atoms with E-state index in [2.05, 4.69) is 222 Å². The number of fused-ring (bicyclic) bond motifs is 4. The highest BCUT2D eigenvalue weighted by Gasteiger charge is 2.50. The van der Waals surface area contributed by atoms with Crippen LogP contribution in [0.2, 0.25) is 0 Å². The molecule has 6 aromatic carbocycles. The quantitative estimate of drug-likeness (QED) is 0.0865. The summed E-state index contributed by atoms with van der Waals surface area (Å²) in [5.74, 6) is -0.278. The molecule has 0 N–H and O–H groups in total. The lowest BCUT2D eigenvalue weighted by Crippen LogP contribution is -2.37. The van der Waals surface area contributed by atoms with Crippen molar-refractivity contribution in [1.29, 1.82) is 0 Å². The van der Waals surface area contributed by atoms with Gasteiger partial charge in [-0.3, -0.25) is 4.79 Å². The molecule has 1 saturated heterocycles. The number of urea groups is 1. The highest BCUT2D eigenvalue weighted by molar-refractivity contribution is 9.11. The Kier molecular flexibility index (Phi) is 13.4. The maximum atomic E-state index is 11.2. The van der Waals surface area contributed by atoms with Crippen LogP contribution in [0.1, 0.15) is 127 Å². The summed E-state index contributed by atoms with van der Waals surface area (Å²) in [5, 5.41) is 10.5. The molecule has 1 aliphatic rings. The molecular formula is C50H61Br3N2O2. The third-order valence-electron chi connectivity index (χ3n) is 10.7. The van der Waals surface area contributed by atoms with Gasteiger partial charge in [0.15, 0.2) is 0 Å². The number of imide groups is 1. The van der Waals surface area contributed by atoms with E-state index in [1.807, 2.05) is 0 Å². The molecule has 6 aromatic rings. The number of halogens is 3. The van der Waals surface area contributed by atoms with Gasteiger partial charge in [0.1, 0.15) is 5.54 Å². The van der Waals surface area contributed by atoms with E-state index in [-0.39, 0.29) is 35.0 Å². The number of benzene rings is 6. The van der Waals surface area contributed by atoms with Crippen LogP contribution in [0.5, 0.6) is 0 Å². The Morgan fingerprint density at radius 2 is 0.807 bits per heavy atom. The summed E-state index contributed by atoms with van der Waals surface area (Å²) in [6.45, 7) is 30.5. The number of rotatable bonds is 0. The summed E-state index contributed by atoms with van der Waals surface area (Å²) >= 11 is 9.70. The Morgan fingerprint density at radius 3 is 1.16 bits per heavy atom. The van der Waals surface area contributed by atoms with E-state index >= 15 is 0 Å². The van der Waals surface area contributed by atoms with Crippen molar-refractivity contribution in [3.05, 3.63) is 118 Å². The largest absolute Gasteiger partial charge is 0.348 e. The monoisotopic (exact) mass is 958 g/mol. The number of hydrogen-bond donors (Lipinski definition) is 0. The maximum absolute atomic E-state index is 11.2. The Bertz CT molecular complexity index is 2400. The summed E-state index contributed by atoms with van der Waals surface area (Å²) in [6, 6.07) is 34.0. The van der Waals surface area contributed by atoms with Gasteiger partial charge in [0, 0.05) is 4.47 Å². The molecule has 0 unspecified atom stereocenters. The smallest absolute Gasteiger partial charge is 0.271 e. The summed E-state index contributed by atoms with van der Waals surface area (Å²) in [6.07, 6.45) is 0. The number of carbonyl (C=O) groups excluding carboxylic acids is 2. The van der Waals surface area contributed by atoms with E-state index in [4.69, 9.17) is 0 Å². The topological polar surface area (TPSA) is 40.6 Å². The highest BCUT2D eigenvalue weighted by atomic mass is 79.9. The molecule has 3 amide bonds. The average molecular weight is 962 g/mol. The van der Waals surface area contributed by atoms with Gasteiger partial charge >= 0.3 is 6.03 Å². The van der Waals surface area contributed by atoms with Crippen LogP contribution in [0.4, 0.5) is 4.79 Å². The van der Waals surface area contributed by atoms with Crippen LogP contribution in [-0.4, -0.2) is 25.3 Å². The highest BCUT2D eigenvalue weighted by Crippen LogP contribution is 2.38. The van der Waals surface area contributed by atoms with Gasteiger partial charge in [0.2, 0.25) is 0 Å². The number of nitrogens with zero attached hydrogens (tertiary/aromatic N) is 2. The fraction of sp³-hybridized carbons (Fsp3) is 0.400. The van der Waals surface area contributed by atoms with Gasteiger partial charge in [-0.1, -0.05) is 157 Å². The predicted octanol–water partition coefficient (Wildman–Crippen LogP) is 16.2. The van der Waals surface area contributed by atoms with Crippen LogP contribution in [-0.2, 0) is 26.5 Å². The Morgan fingerprint density at radius 1 is 0.456 bits per heavy atom. The third-order valence-corrected chi connectivity index (χ3v) is 13.3. The minimum Gasteiger partial charge on any atom is -0.271 e. The summed E-state index contributed by atoms with van der Waals surface area (Å²) in [4.78, 5) is 22.3. The standard InChI is InChI=1S/C22H25Br.C22H26.C5H6Br2N2O2.CH4/c1-21(2,3)16-9-10-18-15(12-16)11-14-7-8-17(22(4,5)6)13-19(14)20(18)23;1-21(2,3)19-9-7-15-12-18-14-20(22(4,5)6)10-8-16(18)11-17(15)13-19;1-5(2)3(10)8(6)4(11)9(5)7;/h7-13H,1-6H3;7-14H,1-6H3;1-2H3;1H4. The van der Waals surface area contributed by atoms with E-state index in [0.717, 1.165) is 3.93 Å². The van der Waals surface area contributed by atoms with Crippen LogP contribution in [0.3, 0.4) is 0 Å². The lowest BCUT2D eigenvalue weighted by molar-refractivity contribution is -0.127. The van der Waals surface area contributed by atoms with Gasteiger partial charge in [0.05, 0.1) is 32.3 Å². The zero-order valence-electron chi connectivity index (χ0n) is 35.5. The van der Waals surface area contributed by atoms with Gasteiger partial charge in [-0.15, -0.1) is 0 Å². The first-order valence-electron chi connectivity index (χ1n) is 19.3. The molecule has 304 valence electrons. The van der Waals surface area contributed by atoms with Gasteiger partial charge in [-0.2, -0.15) is 3.93 Å². The maximum Gasteiger partial charge on any atom is 0.348 e.